The Bertz CT molecular complexity index is 879. The number of fused-ring (bicyclic) bond motifs is 1. The molecule has 0 radical (unpaired) electrons. The molecule has 2 aromatic heterocycles. The van der Waals surface area contributed by atoms with Gasteiger partial charge in [-0.2, -0.15) is 5.10 Å². The minimum Gasteiger partial charge on any atom is -0.367 e. The molecule has 6 heteroatoms. The molecule has 1 aliphatic carbocycles. The van der Waals surface area contributed by atoms with Gasteiger partial charge in [-0.3, -0.25) is 4.68 Å². The fourth-order valence-corrected chi connectivity index (χ4v) is 3.74. The predicted octanol–water partition coefficient (Wildman–Crippen LogP) is 3.18. The Kier molecular flexibility index (Phi) is 4.84. The third-order valence-electron chi connectivity index (χ3n) is 5.35. The Morgan fingerprint density at radius 1 is 1.08 bits per heavy atom. The highest BCUT2D eigenvalue weighted by molar-refractivity contribution is 5.89. The Morgan fingerprint density at radius 3 is 2.65 bits per heavy atom. The molecule has 136 valence electrons. The summed E-state index contributed by atoms with van der Waals surface area (Å²) in [4.78, 5) is 8.87. The number of hydrogen-bond donors (Lipinski definition) is 2. The van der Waals surface area contributed by atoms with Crippen molar-refractivity contribution in [3.8, 4) is 0 Å². The van der Waals surface area contributed by atoms with Gasteiger partial charge in [-0.1, -0.05) is 11.6 Å². The van der Waals surface area contributed by atoms with Gasteiger partial charge in [0.25, 0.3) is 0 Å². The zero-order chi connectivity index (χ0) is 17.9. The molecule has 0 atom stereocenters. The molecule has 26 heavy (non-hydrogen) atoms. The first-order chi connectivity index (χ1) is 12.7. The van der Waals surface area contributed by atoms with Gasteiger partial charge in [0.15, 0.2) is 0 Å². The molecule has 1 saturated carbocycles. The van der Waals surface area contributed by atoms with E-state index in [9.17, 15) is 0 Å². The number of aryl methyl sites for hydroxylation is 2. The normalized spacial score (nSPS) is 20.4. The summed E-state index contributed by atoms with van der Waals surface area (Å²) in [5.74, 6) is 0.963. The van der Waals surface area contributed by atoms with E-state index in [1.54, 1.807) is 6.33 Å². The van der Waals surface area contributed by atoms with Gasteiger partial charge in [0.05, 0.1) is 11.2 Å². The van der Waals surface area contributed by atoms with Crippen LogP contribution in [0.1, 0.15) is 36.9 Å². The Balaban J connectivity index is 1.34. The van der Waals surface area contributed by atoms with Gasteiger partial charge in [-0.05, 0) is 50.8 Å². The highest BCUT2D eigenvalue weighted by Crippen LogP contribution is 2.26. The van der Waals surface area contributed by atoms with E-state index in [0.29, 0.717) is 12.1 Å². The van der Waals surface area contributed by atoms with Crippen molar-refractivity contribution in [2.45, 2.75) is 51.2 Å². The van der Waals surface area contributed by atoms with Gasteiger partial charge < -0.3 is 10.6 Å². The molecule has 0 spiro atoms. The van der Waals surface area contributed by atoms with Crippen molar-refractivity contribution in [2.24, 2.45) is 7.05 Å². The van der Waals surface area contributed by atoms with Gasteiger partial charge in [0.2, 0.25) is 0 Å². The molecule has 0 amide bonds. The Morgan fingerprint density at radius 2 is 1.88 bits per heavy atom. The lowest BCUT2D eigenvalue weighted by molar-refractivity contribution is 0.349. The second-order valence-corrected chi connectivity index (χ2v) is 7.26. The number of nitrogens with zero attached hydrogens (tertiary/aromatic N) is 4. The molecule has 1 aromatic carbocycles. The first-order valence-corrected chi connectivity index (χ1v) is 9.37. The van der Waals surface area contributed by atoms with Crippen LogP contribution in [-0.4, -0.2) is 31.8 Å². The van der Waals surface area contributed by atoms with Crippen LogP contribution >= 0.6 is 0 Å². The standard InChI is InChI=1S/C20H26N6/c1-14-3-8-19-18(11-14)20(23-13-22-19)25-16-6-4-15(5-7-16)21-12-17-9-10-24-26(17)2/h3,8-11,13,15-16,21H,4-7,12H2,1-2H3,(H,22,23,25)/t15-,16-. The van der Waals surface area contributed by atoms with Crippen molar-refractivity contribution in [1.82, 2.24) is 25.1 Å². The van der Waals surface area contributed by atoms with E-state index in [-0.39, 0.29) is 0 Å². The van der Waals surface area contributed by atoms with Crippen LogP contribution in [0.4, 0.5) is 5.82 Å². The zero-order valence-corrected chi connectivity index (χ0v) is 15.4. The van der Waals surface area contributed by atoms with Gasteiger partial charge >= 0.3 is 0 Å². The number of anilines is 1. The van der Waals surface area contributed by atoms with Crippen LogP contribution in [-0.2, 0) is 13.6 Å². The van der Waals surface area contributed by atoms with Crippen LogP contribution in [0.25, 0.3) is 10.9 Å². The van der Waals surface area contributed by atoms with Crippen LogP contribution in [0.2, 0.25) is 0 Å². The first kappa shape index (κ1) is 17.0. The summed E-state index contributed by atoms with van der Waals surface area (Å²) >= 11 is 0. The van der Waals surface area contributed by atoms with E-state index in [2.05, 4.69) is 56.9 Å². The monoisotopic (exact) mass is 350 g/mol. The van der Waals surface area contributed by atoms with Crippen LogP contribution in [0.15, 0.2) is 36.8 Å². The maximum Gasteiger partial charge on any atom is 0.137 e. The summed E-state index contributed by atoms with van der Waals surface area (Å²) in [6, 6.07) is 9.45. The summed E-state index contributed by atoms with van der Waals surface area (Å²) < 4.78 is 1.93. The molecular formula is C20H26N6. The summed E-state index contributed by atoms with van der Waals surface area (Å²) in [6.45, 7) is 2.99. The summed E-state index contributed by atoms with van der Waals surface area (Å²) in [5.41, 5.74) is 3.46. The number of hydrogen-bond acceptors (Lipinski definition) is 5. The number of rotatable bonds is 5. The van der Waals surface area contributed by atoms with E-state index in [1.165, 1.54) is 24.1 Å². The van der Waals surface area contributed by atoms with E-state index < -0.39 is 0 Å². The molecule has 6 nitrogen and oxygen atoms in total. The van der Waals surface area contributed by atoms with E-state index >= 15 is 0 Å². The van der Waals surface area contributed by atoms with Crippen molar-refractivity contribution in [2.75, 3.05) is 5.32 Å². The third-order valence-corrected chi connectivity index (χ3v) is 5.35. The van der Waals surface area contributed by atoms with E-state index in [4.69, 9.17) is 0 Å². The van der Waals surface area contributed by atoms with Crippen molar-refractivity contribution in [1.29, 1.82) is 0 Å². The lowest BCUT2D eigenvalue weighted by Crippen LogP contribution is -2.37. The molecule has 0 aliphatic heterocycles. The van der Waals surface area contributed by atoms with Gasteiger partial charge in [-0.25, -0.2) is 9.97 Å². The van der Waals surface area contributed by atoms with Crippen LogP contribution < -0.4 is 10.6 Å². The van der Waals surface area contributed by atoms with Crippen molar-refractivity contribution >= 4 is 16.7 Å². The van der Waals surface area contributed by atoms with Gasteiger partial charge in [0, 0.05) is 37.3 Å². The fourth-order valence-electron chi connectivity index (χ4n) is 3.74. The lowest BCUT2D eigenvalue weighted by atomic mass is 9.91. The minimum absolute atomic E-state index is 0.475. The maximum absolute atomic E-state index is 4.49. The van der Waals surface area contributed by atoms with Crippen LogP contribution in [0.3, 0.4) is 0 Å². The largest absolute Gasteiger partial charge is 0.367 e. The molecular weight excluding hydrogens is 324 g/mol. The number of nitrogens with one attached hydrogen (secondary N) is 2. The first-order valence-electron chi connectivity index (χ1n) is 9.37. The average Bonchev–Trinajstić information content (AvgIpc) is 3.06. The highest BCUT2D eigenvalue weighted by atomic mass is 15.3. The molecule has 4 rings (SSSR count). The third kappa shape index (κ3) is 3.70. The molecule has 2 N–H and O–H groups in total. The lowest BCUT2D eigenvalue weighted by Gasteiger charge is -2.30. The summed E-state index contributed by atoms with van der Waals surface area (Å²) in [5, 5.41) is 12.7. The second-order valence-electron chi connectivity index (χ2n) is 7.26. The average molecular weight is 350 g/mol. The minimum atomic E-state index is 0.475. The van der Waals surface area contributed by atoms with Crippen LogP contribution in [0.5, 0.6) is 0 Å². The van der Waals surface area contributed by atoms with E-state index in [1.807, 2.05) is 17.9 Å². The smallest absolute Gasteiger partial charge is 0.137 e. The SMILES string of the molecule is Cc1ccc2ncnc(N[C@H]3CC[C@H](NCc4ccnn4C)CC3)c2c1. The topological polar surface area (TPSA) is 67.7 Å². The van der Waals surface area contributed by atoms with Crippen molar-refractivity contribution in [3.05, 3.63) is 48.0 Å². The summed E-state index contributed by atoms with van der Waals surface area (Å²) in [6.07, 6.45) is 8.17. The van der Waals surface area contributed by atoms with Crippen LogP contribution in [0, 0.1) is 6.92 Å². The Labute approximate surface area is 154 Å². The molecule has 1 aliphatic rings. The number of aromatic nitrogens is 4. The zero-order valence-electron chi connectivity index (χ0n) is 15.4. The van der Waals surface area contributed by atoms with Gasteiger partial charge in [-0.15, -0.1) is 0 Å². The molecule has 1 fully saturated rings. The van der Waals surface area contributed by atoms with Crippen molar-refractivity contribution in [3.63, 3.8) is 0 Å². The second kappa shape index (κ2) is 7.41. The molecule has 2 heterocycles. The maximum atomic E-state index is 4.49. The molecule has 3 aromatic rings. The molecule has 0 bridgehead atoms. The number of benzene rings is 1. The predicted molar refractivity (Wildman–Crippen MR) is 104 cm³/mol. The van der Waals surface area contributed by atoms with E-state index in [0.717, 1.165) is 36.1 Å². The highest BCUT2D eigenvalue weighted by Gasteiger charge is 2.21. The Hall–Kier alpha value is -2.47. The molecule has 0 saturated heterocycles. The van der Waals surface area contributed by atoms with Crippen molar-refractivity contribution < 1.29 is 0 Å². The quantitative estimate of drug-likeness (QED) is 0.740. The fraction of sp³-hybridized carbons (Fsp3) is 0.450. The summed E-state index contributed by atoms with van der Waals surface area (Å²) in [7, 11) is 1.99. The molecule has 0 unspecified atom stereocenters. The van der Waals surface area contributed by atoms with Gasteiger partial charge in [0.1, 0.15) is 12.1 Å².